The average molecular weight is 288 g/mol. The number of nitrogens with zero attached hydrogens (tertiary/aromatic N) is 4. The number of anilines is 1. The molecule has 7 heteroatoms. The molecule has 0 aliphatic carbocycles. The SMILES string of the molecule is CC(C)C[C@H](NC(=O)Nc1ncn(C)n1)c1cccnc1. The van der Waals surface area contributed by atoms with Crippen LogP contribution in [0, 0.1) is 5.92 Å². The van der Waals surface area contributed by atoms with Gasteiger partial charge in [-0.1, -0.05) is 19.9 Å². The molecule has 2 aromatic heterocycles. The quantitative estimate of drug-likeness (QED) is 0.882. The zero-order valence-electron chi connectivity index (χ0n) is 12.4. The van der Waals surface area contributed by atoms with Crippen LogP contribution in [0.4, 0.5) is 10.7 Å². The van der Waals surface area contributed by atoms with Gasteiger partial charge in [-0.3, -0.25) is 15.0 Å². The lowest BCUT2D eigenvalue weighted by Crippen LogP contribution is -2.33. The number of rotatable bonds is 5. The molecule has 0 aliphatic heterocycles. The third kappa shape index (κ3) is 4.55. The largest absolute Gasteiger partial charge is 0.331 e. The van der Waals surface area contributed by atoms with Crippen LogP contribution < -0.4 is 10.6 Å². The zero-order chi connectivity index (χ0) is 15.2. The van der Waals surface area contributed by atoms with Crippen LogP contribution >= 0.6 is 0 Å². The Morgan fingerprint density at radius 2 is 2.24 bits per heavy atom. The summed E-state index contributed by atoms with van der Waals surface area (Å²) in [6.45, 7) is 4.23. The normalized spacial score (nSPS) is 12.2. The van der Waals surface area contributed by atoms with Gasteiger partial charge in [0.25, 0.3) is 0 Å². The molecule has 0 spiro atoms. The lowest BCUT2D eigenvalue weighted by atomic mass is 9.98. The molecule has 0 bridgehead atoms. The number of hydrogen-bond donors (Lipinski definition) is 2. The van der Waals surface area contributed by atoms with Gasteiger partial charge in [-0.15, -0.1) is 5.10 Å². The van der Waals surface area contributed by atoms with Gasteiger partial charge in [0.15, 0.2) is 0 Å². The van der Waals surface area contributed by atoms with E-state index in [1.54, 1.807) is 19.4 Å². The van der Waals surface area contributed by atoms with E-state index < -0.39 is 0 Å². The van der Waals surface area contributed by atoms with Crippen molar-refractivity contribution >= 4 is 12.0 Å². The first kappa shape index (κ1) is 15.0. The summed E-state index contributed by atoms with van der Waals surface area (Å²) in [4.78, 5) is 20.1. The standard InChI is InChI=1S/C14H20N6O/c1-10(2)7-12(11-5-4-6-15-8-11)17-14(21)18-13-16-9-20(3)19-13/h4-6,8-10,12H,7H2,1-3H3,(H2,17,18,19,21)/t12-/m0/s1. The van der Waals surface area contributed by atoms with Crippen LogP contribution in [0.1, 0.15) is 31.9 Å². The van der Waals surface area contributed by atoms with Crippen LogP contribution in [0.25, 0.3) is 0 Å². The molecule has 7 nitrogen and oxygen atoms in total. The first-order valence-electron chi connectivity index (χ1n) is 6.87. The monoisotopic (exact) mass is 288 g/mol. The molecule has 2 N–H and O–H groups in total. The summed E-state index contributed by atoms with van der Waals surface area (Å²) < 4.78 is 1.53. The summed E-state index contributed by atoms with van der Waals surface area (Å²) in [7, 11) is 1.74. The van der Waals surface area contributed by atoms with Gasteiger partial charge in [-0.25, -0.2) is 9.78 Å². The Morgan fingerprint density at radius 1 is 1.43 bits per heavy atom. The Labute approximate surface area is 123 Å². The van der Waals surface area contributed by atoms with E-state index in [2.05, 4.69) is 39.5 Å². The Morgan fingerprint density at radius 3 is 2.81 bits per heavy atom. The highest BCUT2D eigenvalue weighted by Crippen LogP contribution is 2.20. The summed E-state index contributed by atoms with van der Waals surface area (Å²) in [6.07, 6.45) is 5.84. The van der Waals surface area contributed by atoms with E-state index >= 15 is 0 Å². The van der Waals surface area contributed by atoms with Gasteiger partial charge in [-0.05, 0) is 24.0 Å². The Kier molecular flexibility index (Phi) is 4.86. The van der Waals surface area contributed by atoms with Crippen molar-refractivity contribution in [2.45, 2.75) is 26.3 Å². The highest BCUT2D eigenvalue weighted by atomic mass is 16.2. The molecule has 112 valence electrons. The molecule has 0 saturated heterocycles. The van der Waals surface area contributed by atoms with Crippen molar-refractivity contribution in [3.05, 3.63) is 36.4 Å². The number of urea groups is 1. The van der Waals surface area contributed by atoms with Crippen LogP contribution in [0.5, 0.6) is 0 Å². The fourth-order valence-corrected chi connectivity index (χ4v) is 2.02. The molecule has 2 heterocycles. The maximum atomic E-state index is 12.1. The van der Waals surface area contributed by atoms with E-state index in [-0.39, 0.29) is 18.0 Å². The highest BCUT2D eigenvalue weighted by molar-refractivity contribution is 5.87. The first-order valence-corrected chi connectivity index (χ1v) is 6.87. The smallest absolute Gasteiger partial charge is 0.322 e. The Bertz CT molecular complexity index is 580. The molecule has 1 atom stereocenters. The molecule has 21 heavy (non-hydrogen) atoms. The van der Waals surface area contributed by atoms with E-state index in [9.17, 15) is 4.79 Å². The molecule has 2 rings (SSSR count). The van der Waals surface area contributed by atoms with Crippen molar-refractivity contribution < 1.29 is 4.79 Å². The van der Waals surface area contributed by atoms with Crippen molar-refractivity contribution in [3.8, 4) is 0 Å². The molecule has 0 aliphatic rings. The van der Waals surface area contributed by atoms with Crippen LogP contribution in [-0.4, -0.2) is 25.8 Å². The highest BCUT2D eigenvalue weighted by Gasteiger charge is 2.17. The van der Waals surface area contributed by atoms with Crippen LogP contribution in [0.15, 0.2) is 30.9 Å². The molecule has 0 fully saturated rings. The van der Waals surface area contributed by atoms with Crippen molar-refractivity contribution in [1.82, 2.24) is 25.1 Å². The number of carbonyl (C=O) groups is 1. The van der Waals surface area contributed by atoms with E-state index in [1.807, 2.05) is 12.1 Å². The van der Waals surface area contributed by atoms with Gasteiger partial charge < -0.3 is 5.32 Å². The maximum Gasteiger partial charge on any atom is 0.322 e. The zero-order valence-corrected chi connectivity index (χ0v) is 12.4. The molecular weight excluding hydrogens is 268 g/mol. The fraction of sp³-hybridized carbons (Fsp3) is 0.429. The van der Waals surface area contributed by atoms with Crippen LogP contribution in [0.3, 0.4) is 0 Å². The van der Waals surface area contributed by atoms with Gasteiger partial charge in [-0.2, -0.15) is 0 Å². The van der Waals surface area contributed by atoms with Crippen LogP contribution in [-0.2, 0) is 7.05 Å². The number of aromatic nitrogens is 4. The molecule has 0 saturated carbocycles. The topological polar surface area (TPSA) is 84.7 Å². The predicted octanol–water partition coefficient (Wildman–Crippen LogP) is 2.12. The average Bonchev–Trinajstić information content (AvgIpc) is 2.83. The van der Waals surface area contributed by atoms with Gasteiger partial charge in [0.1, 0.15) is 6.33 Å². The summed E-state index contributed by atoms with van der Waals surface area (Å²) in [5.41, 5.74) is 0.982. The third-order valence-electron chi connectivity index (χ3n) is 2.92. The third-order valence-corrected chi connectivity index (χ3v) is 2.92. The van der Waals surface area contributed by atoms with E-state index in [0.29, 0.717) is 5.92 Å². The van der Waals surface area contributed by atoms with E-state index in [1.165, 1.54) is 11.0 Å². The summed E-state index contributed by atoms with van der Waals surface area (Å²) in [5, 5.41) is 9.58. The molecule has 2 amide bonds. The lowest BCUT2D eigenvalue weighted by molar-refractivity contribution is 0.246. The van der Waals surface area contributed by atoms with Gasteiger partial charge in [0, 0.05) is 19.4 Å². The van der Waals surface area contributed by atoms with Crippen molar-refractivity contribution in [2.24, 2.45) is 13.0 Å². The second-order valence-electron chi connectivity index (χ2n) is 5.31. The van der Waals surface area contributed by atoms with Gasteiger partial charge >= 0.3 is 6.03 Å². The van der Waals surface area contributed by atoms with E-state index in [0.717, 1.165) is 12.0 Å². The summed E-state index contributed by atoms with van der Waals surface area (Å²) >= 11 is 0. The van der Waals surface area contributed by atoms with Crippen LogP contribution in [0.2, 0.25) is 0 Å². The number of amides is 2. The Hall–Kier alpha value is -2.44. The molecule has 2 aromatic rings. The van der Waals surface area contributed by atoms with Crippen molar-refractivity contribution in [1.29, 1.82) is 0 Å². The molecule has 0 radical (unpaired) electrons. The number of pyridine rings is 1. The fourth-order valence-electron chi connectivity index (χ4n) is 2.02. The lowest BCUT2D eigenvalue weighted by Gasteiger charge is -2.20. The predicted molar refractivity (Wildman–Crippen MR) is 79.6 cm³/mol. The Balaban J connectivity index is 2.02. The molecule has 0 unspecified atom stereocenters. The minimum atomic E-state index is -0.323. The van der Waals surface area contributed by atoms with E-state index in [4.69, 9.17) is 0 Å². The van der Waals surface area contributed by atoms with Crippen molar-refractivity contribution in [2.75, 3.05) is 5.32 Å². The summed E-state index contributed by atoms with van der Waals surface area (Å²) in [6, 6.07) is 3.40. The number of aryl methyl sites for hydroxylation is 1. The second-order valence-corrected chi connectivity index (χ2v) is 5.31. The summed E-state index contributed by atoms with van der Waals surface area (Å²) in [5.74, 6) is 0.730. The van der Waals surface area contributed by atoms with Gasteiger partial charge in [0.2, 0.25) is 5.95 Å². The minimum absolute atomic E-state index is 0.0950. The molecular formula is C14H20N6O. The number of nitrogens with one attached hydrogen (secondary N) is 2. The minimum Gasteiger partial charge on any atom is -0.331 e. The maximum absolute atomic E-state index is 12.1. The van der Waals surface area contributed by atoms with Crippen molar-refractivity contribution in [3.63, 3.8) is 0 Å². The number of hydrogen-bond acceptors (Lipinski definition) is 4. The first-order chi connectivity index (χ1) is 10.0. The molecule has 0 aromatic carbocycles. The van der Waals surface area contributed by atoms with Gasteiger partial charge in [0.05, 0.1) is 6.04 Å². The second kappa shape index (κ2) is 6.83. The number of carbonyl (C=O) groups excluding carboxylic acids is 1.